The number of carboxylic acids is 1. The predicted octanol–water partition coefficient (Wildman–Crippen LogP) is 16.3. The molecule has 7 rings (SSSR count). The van der Waals surface area contributed by atoms with Crippen LogP contribution in [0.5, 0.6) is 11.5 Å². The average molecular weight is 923 g/mol. The predicted molar refractivity (Wildman–Crippen MR) is 273 cm³/mol. The van der Waals surface area contributed by atoms with E-state index in [1.165, 1.54) is 90.9 Å². The molecule has 0 saturated heterocycles. The third-order valence-electron chi connectivity index (χ3n) is 11.4. The Morgan fingerprint density at radius 2 is 1.18 bits per heavy atom. The summed E-state index contributed by atoms with van der Waals surface area (Å²) in [6.45, 7) is 8.11. The summed E-state index contributed by atoms with van der Waals surface area (Å²) >= 11 is 4.47. The van der Waals surface area contributed by atoms with Crippen molar-refractivity contribution in [1.82, 2.24) is 8.75 Å². The summed E-state index contributed by atoms with van der Waals surface area (Å²) in [6.07, 6.45) is 16.4. The number of fused-ring (bicyclic) bond motifs is 1. The van der Waals surface area contributed by atoms with Gasteiger partial charge in [-0.15, -0.1) is 22.7 Å². The molecule has 0 unspecified atom stereocenters. The minimum absolute atomic E-state index is 0.275. The smallest absolute Gasteiger partial charge is 0.346 e. The average Bonchev–Trinajstić information content (AvgIpc) is 4.11. The van der Waals surface area contributed by atoms with Crippen molar-refractivity contribution < 1.29 is 19.4 Å². The van der Waals surface area contributed by atoms with Gasteiger partial charge in [-0.05, 0) is 122 Å². The monoisotopic (exact) mass is 922 g/mol. The number of aromatic nitrogens is 2. The molecule has 65 heavy (non-hydrogen) atoms. The maximum absolute atomic E-state index is 11.6. The number of anilines is 3. The Bertz CT molecular complexity index is 2620. The second-order valence-corrected chi connectivity index (χ2v) is 19.0. The van der Waals surface area contributed by atoms with Gasteiger partial charge in [0.05, 0.1) is 24.9 Å². The number of nitrogens with zero attached hydrogens (tertiary/aromatic N) is 4. The van der Waals surface area contributed by atoms with Crippen LogP contribution in [0.4, 0.5) is 17.1 Å². The largest absolute Gasteiger partial charge is 0.494 e. The van der Waals surface area contributed by atoms with Gasteiger partial charge in [0, 0.05) is 47.7 Å². The number of rotatable bonds is 25. The number of aryl methyl sites for hydroxylation is 1. The molecule has 7 aromatic rings. The zero-order valence-corrected chi connectivity index (χ0v) is 40.1. The lowest BCUT2D eigenvalue weighted by Crippen LogP contribution is -2.10. The van der Waals surface area contributed by atoms with Crippen LogP contribution in [0.1, 0.15) is 108 Å². The Kier molecular flexibility index (Phi) is 17.4. The minimum Gasteiger partial charge on any atom is -0.494 e. The Hall–Kier alpha value is -5.80. The van der Waals surface area contributed by atoms with Gasteiger partial charge < -0.3 is 19.5 Å². The molecule has 0 radical (unpaired) electrons. The van der Waals surface area contributed by atoms with Crippen molar-refractivity contribution in [1.29, 1.82) is 5.26 Å². The summed E-state index contributed by atoms with van der Waals surface area (Å²) in [5.74, 6) is 0.527. The summed E-state index contributed by atoms with van der Waals surface area (Å²) in [4.78, 5) is 17.9. The second-order valence-electron chi connectivity index (χ2n) is 16.3. The van der Waals surface area contributed by atoms with Gasteiger partial charge in [-0.2, -0.15) is 14.0 Å². The number of aliphatic carboxylic acids is 1. The van der Waals surface area contributed by atoms with E-state index in [-0.39, 0.29) is 5.57 Å². The van der Waals surface area contributed by atoms with E-state index in [0.717, 1.165) is 116 Å². The van der Waals surface area contributed by atoms with Gasteiger partial charge in [-0.1, -0.05) is 103 Å². The number of ether oxygens (including phenoxy) is 2. The van der Waals surface area contributed by atoms with Crippen LogP contribution >= 0.6 is 34.4 Å². The Balaban J connectivity index is 1.17. The van der Waals surface area contributed by atoms with Crippen molar-refractivity contribution in [2.45, 2.75) is 104 Å². The summed E-state index contributed by atoms with van der Waals surface area (Å²) < 4.78 is 21.9. The first-order chi connectivity index (χ1) is 31.9. The second kappa shape index (κ2) is 23.9. The first kappa shape index (κ1) is 47.2. The molecule has 336 valence electrons. The zero-order valence-electron chi connectivity index (χ0n) is 37.7. The van der Waals surface area contributed by atoms with Crippen molar-refractivity contribution >= 4 is 74.5 Å². The summed E-state index contributed by atoms with van der Waals surface area (Å²) in [6, 6.07) is 37.8. The first-order valence-electron chi connectivity index (χ1n) is 23.1. The molecule has 3 aromatic heterocycles. The molecule has 0 atom stereocenters. The van der Waals surface area contributed by atoms with Crippen LogP contribution in [0.3, 0.4) is 0 Å². The number of carbonyl (C=O) groups is 1. The Labute approximate surface area is 396 Å². The van der Waals surface area contributed by atoms with Crippen LogP contribution in [-0.2, 0) is 11.2 Å². The van der Waals surface area contributed by atoms with E-state index in [1.807, 2.05) is 12.1 Å². The maximum Gasteiger partial charge on any atom is 0.346 e. The quantitative estimate of drug-likeness (QED) is 0.0343. The fraction of sp³-hybridized carbons (Fsp3) is 0.333. The maximum atomic E-state index is 11.6. The van der Waals surface area contributed by atoms with E-state index in [2.05, 4.69) is 117 Å². The highest BCUT2D eigenvalue weighted by atomic mass is 32.1. The summed E-state index contributed by atoms with van der Waals surface area (Å²) in [7, 11) is 0. The van der Waals surface area contributed by atoms with Crippen LogP contribution in [0, 0.1) is 11.3 Å². The molecular formula is C54H58N4O4S3. The van der Waals surface area contributed by atoms with Crippen molar-refractivity contribution in [3.63, 3.8) is 0 Å². The lowest BCUT2D eigenvalue weighted by molar-refractivity contribution is -0.132. The molecule has 0 amide bonds. The number of carboxylic acid groups (broad SMARTS) is 1. The number of hydrogen-bond acceptors (Lipinski definition) is 10. The van der Waals surface area contributed by atoms with Gasteiger partial charge in [0.15, 0.2) is 0 Å². The molecule has 1 N–H and O–H groups in total. The van der Waals surface area contributed by atoms with E-state index in [0.29, 0.717) is 0 Å². The molecule has 8 nitrogen and oxygen atoms in total. The molecule has 0 aliphatic heterocycles. The van der Waals surface area contributed by atoms with Gasteiger partial charge in [-0.3, -0.25) is 0 Å². The first-order valence-corrected chi connectivity index (χ1v) is 25.5. The van der Waals surface area contributed by atoms with E-state index in [9.17, 15) is 15.2 Å². The van der Waals surface area contributed by atoms with Gasteiger partial charge in [0.2, 0.25) is 0 Å². The molecule has 0 bridgehead atoms. The molecule has 0 aliphatic carbocycles. The normalized spacial score (nSPS) is 11.5. The molecular weight excluding hydrogens is 865 g/mol. The van der Waals surface area contributed by atoms with Crippen LogP contribution in [0.2, 0.25) is 0 Å². The summed E-state index contributed by atoms with van der Waals surface area (Å²) in [5, 5.41) is 18.8. The molecule has 0 aliphatic rings. The number of unbranched alkanes of at least 4 members (excludes halogenated alkanes) is 9. The van der Waals surface area contributed by atoms with Gasteiger partial charge in [-0.25, -0.2) is 4.79 Å². The number of nitriles is 1. The zero-order chi connectivity index (χ0) is 45.4. The highest BCUT2D eigenvalue weighted by molar-refractivity contribution is 7.24. The van der Waals surface area contributed by atoms with Gasteiger partial charge in [0.1, 0.15) is 34.2 Å². The molecule has 11 heteroatoms. The van der Waals surface area contributed by atoms with Crippen LogP contribution in [0.25, 0.3) is 48.4 Å². The van der Waals surface area contributed by atoms with E-state index < -0.39 is 5.97 Å². The Morgan fingerprint density at radius 3 is 1.74 bits per heavy atom. The highest BCUT2D eigenvalue weighted by Crippen LogP contribution is 2.45. The third-order valence-corrected chi connectivity index (χ3v) is 14.4. The number of thiophene rings is 2. The van der Waals surface area contributed by atoms with Gasteiger partial charge in [0.25, 0.3) is 0 Å². The van der Waals surface area contributed by atoms with Crippen LogP contribution in [-0.4, -0.2) is 33.0 Å². The van der Waals surface area contributed by atoms with Crippen LogP contribution < -0.4 is 14.4 Å². The molecule has 0 spiro atoms. The lowest BCUT2D eigenvalue weighted by atomic mass is 9.99. The standard InChI is InChI=1S/C54H58N4O4S3/c1-4-7-10-13-16-39-36-50(64-53(39)49-32-29-46(63-49)35-40(37-55)54(59)60)48-31-30-47(51-52(48)57-65-56-51)38-17-19-41(20-18-38)58(42-21-25-44(26-22-42)61-33-14-11-8-5-2)43-23-27-45(28-24-43)62-34-15-12-9-6-3/h17-32,35-36H,4-16,33-34H2,1-3H3,(H,59,60)/b40-35-. The molecule has 0 fully saturated rings. The minimum atomic E-state index is -1.22. The van der Waals surface area contributed by atoms with E-state index >= 15 is 0 Å². The van der Waals surface area contributed by atoms with Crippen molar-refractivity contribution in [3.8, 4) is 48.9 Å². The van der Waals surface area contributed by atoms with Gasteiger partial charge >= 0.3 is 5.97 Å². The fourth-order valence-corrected chi connectivity index (χ4v) is 10.8. The van der Waals surface area contributed by atoms with Crippen LogP contribution in [0.15, 0.2) is 109 Å². The number of hydrogen-bond donors (Lipinski definition) is 1. The highest BCUT2D eigenvalue weighted by Gasteiger charge is 2.20. The van der Waals surface area contributed by atoms with E-state index in [1.54, 1.807) is 17.4 Å². The number of benzene rings is 4. The molecule has 3 heterocycles. The van der Waals surface area contributed by atoms with Crippen molar-refractivity contribution in [2.24, 2.45) is 0 Å². The van der Waals surface area contributed by atoms with E-state index in [4.69, 9.17) is 18.2 Å². The molecule has 4 aromatic carbocycles. The fourth-order valence-electron chi connectivity index (χ4n) is 7.89. The lowest BCUT2D eigenvalue weighted by Gasteiger charge is -2.26. The third kappa shape index (κ3) is 12.3. The summed E-state index contributed by atoms with van der Waals surface area (Å²) in [5.41, 5.74) is 8.94. The van der Waals surface area contributed by atoms with Crippen molar-refractivity contribution in [2.75, 3.05) is 18.1 Å². The van der Waals surface area contributed by atoms with Crippen molar-refractivity contribution in [3.05, 3.63) is 119 Å². The molecule has 0 saturated carbocycles. The SMILES string of the molecule is CCCCCCOc1ccc(N(c2ccc(OCCCCCC)cc2)c2ccc(-c3ccc(-c4cc(CCCCCC)c(-c5ccc(/C=C(/C#N)C(=O)O)s5)s4)c4nsnc34)cc2)cc1. The Morgan fingerprint density at radius 1 is 0.646 bits per heavy atom. The topological polar surface area (TPSA) is 109 Å².